The SMILES string of the molecule is CCC(N)CC(=O)N[C@H](C)C1CCCCC1. The first kappa shape index (κ1) is 13.5. The summed E-state index contributed by atoms with van der Waals surface area (Å²) in [4.78, 5) is 11.7. The molecule has 0 radical (unpaired) electrons. The molecule has 1 rings (SSSR count). The Morgan fingerprint density at radius 1 is 1.38 bits per heavy atom. The molecule has 3 N–H and O–H groups in total. The summed E-state index contributed by atoms with van der Waals surface area (Å²) in [6.45, 7) is 4.15. The van der Waals surface area contributed by atoms with Crippen LogP contribution in [0.4, 0.5) is 0 Å². The Balaban J connectivity index is 2.26. The standard InChI is InChI=1S/C13H26N2O/c1-3-12(14)9-13(16)15-10(2)11-7-5-4-6-8-11/h10-12H,3-9,14H2,1-2H3,(H,15,16)/t10-,12?/m1/s1. The summed E-state index contributed by atoms with van der Waals surface area (Å²) in [6.07, 6.45) is 7.86. The van der Waals surface area contributed by atoms with Crippen LogP contribution in [0, 0.1) is 5.92 Å². The lowest BCUT2D eigenvalue weighted by Crippen LogP contribution is -2.41. The molecule has 3 nitrogen and oxygen atoms in total. The number of nitrogens with two attached hydrogens (primary N) is 1. The number of nitrogens with one attached hydrogen (secondary N) is 1. The quantitative estimate of drug-likeness (QED) is 0.755. The number of amides is 1. The zero-order chi connectivity index (χ0) is 12.0. The van der Waals surface area contributed by atoms with E-state index in [-0.39, 0.29) is 11.9 Å². The molecule has 1 aliphatic rings. The molecule has 0 heterocycles. The predicted molar refractivity (Wildman–Crippen MR) is 67.1 cm³/mol. The third-order valence-electron chi connectivity index (χ3n) is 3.72. The summed E-state index contributed by atoms with van der Waals surface area (Å²) in [7, 11) is 0. The van der Waals surface area contributed by atoms with Crippen molar-refractivity contribution in [3.05, 3.63) is 0 Å². The van der Waals surface area contributed by atoms with Gasteiger partial charge in [-0.3, -0.25) is 4.79 Å². The summed E-state index contributed by atoms with van der Waals surface area (Å²) >= 11 is 0. The van der Waals surface area contributed by atoms with Gasteiger partial charge in [-0.2, -0.15) is 0 Å². The molecule has 0 aromatic rings. The van der Waals surface area contributed by atoms with Crippen LogP contribution in [0.3, 0.4) is 0 Å². The Kier molecular flexibility index (Phi) is 5.81. The maximum atomic E-state index is 11.7. The van der Waals surface area contributed by atoms with Crippen molar-refractivity contribution in [3.8, 4) is 0 Å². The summed E-state index contributed by atoms with van der Waals surface area (Å²) in [5.74, 6) is 0.794. The van der Waals surface area contributed by atoms with Crippen molar-refractivity contribution < 1.29 is 4.79 Å². The van der Waals surface area contributed by atoms with Crippen molar-refractivity contribution in [2.45, 2.75) is 70.9 Å². The Labute approximate surface area is 99.2 Å². The van der Waals surface area contributed by atoms with Crippen LogP contribution in [-0.4, -0.2) is 18.0 Å². The van der Waals surface area contributed by atoms with Gasteiger partial charge < -0.3 is 11.1 Å². The minimum Gasteiger partial charge on any atom is -0.353 e. The molecule has 94 valence electrons. The average molecular weight is 226 g/mol. The largest absolute Gasteiger partial charge is 0.353 e. The zero-order valence-corrected chi connectivity index (χ0v) is 10.7. The highest BCUT2D eigenvalue weighted by molar-refractivity contribution is 5.76. The third kappa shape index (κ3) is 4.52. The number of hydrogen-bond donors (Lipinski definition) is 2. The van der Waals surface area contributed by atoms with Gasteiger partial charge in [0.15, 0.2) is 0 Å². The molecule has 1 aliphatic carbocycles. The molecule has 0 spiro atoms. The van der Waals surface area contributed by atoms with E-state index in [0.29, 0.717) is 18.4 Å². The predicted octanol–water partition coefficient (Wildman–Crippen LogP) is 2.20. The van der Waals surface area contributed by atoms with Crippen LogP contribution in [0.5, 0.6) is 0 Å². The average Bonchev–Trinajstić information content (AvgIpc) is 2.29. The van der Waals surface area contributed by atoms with Crippen LogP contribution in [0.2, 0.25) is 0 Å². The van der Waals surface area contributed by atoms with Gasteiger partial charge in [-0.05, 0) is 32.1 Å². The highest BCUT2D eigenvalue weighted by Crippen LogP contribution is 2.26. The lowest BCUT2D eigenvalue weighted by molar-refractivity contribution is -0.122. The van der Waals surface area contributed by atoms with Crippen molar-refractivity contribution >= 4 is 5.91 Å². The molecule has 2 atom stereocenters. The van der Waals surface area contributed by atoms with Crippen molar-refractivity contribution in [1.29, 1.82) is 0 Å². The lowest BCUT2D eigenvalue weighted by Gasteiger charge is -2.28. The smallest absolute Gasteiger partial charge is 0.221 e. The molecule has 0 aromatic carbocycles. The first-order valence-electron chi connectivity index (χ1n) is 6.68. The molecular formula is C13H26N2O. The highest BCUT2D eigenvalue weighted by Gasteiger charge is 2.21. The summed E-state index contributed by atoms with van der Waals surface area (Å²) in [5.41, 5.74) is 5.77. The number of hydrogen-bond acceptors (Lipinski definition) is 2. The van der Waals surface area contributed by atoms with Crippen molar-refractivity contribution in [2.75, 3.05) is 0 Å². The fraction of sp³-hybridized carbons (Fsp3) is 0.923. The molecule has 0 saturated heterocycles. The molecule has 3 heteroatoms. The van der Waals surface area contributed by atoms with Gasteiger partial charge in [-0.1, -0.05) is 26.2 Å². The maximum Gasteiger partial charge on any atom is 0.221 e. The first-order valence-corrected chi connectivity index (χ1v) is 6.68. The number of carbonyl (C=O) groups excluding carboxylic acids is 1. The van der Waals surface area contributed by atoms with E-state index in [4.69, 9.17) is 5.73 Å². The van der Waals surface area contributed by atoms with Crippen molar-refractivity contribution in [2.24, 2.45) is 11.7 Å². The Bertz CT molecular complexity index is 212. The second-order valence-electron chi connectivity index (χ2n) is 5.13. The van der Waals surface area contributed by atoms with E-state index in [1.807, 2.05) is 6.92 Å². The molecule has 1 amide bonds. The van der Waals surface area contributed by atoms with E-state index in [0.717, 1.165) is 6.42 Å². The second-order valence-corrected chi connectivity index (χ2v) is 5.13. The van der Waals surface area contributed by atoms with Gasteiger partial charge in [0, 0.05) is 18.5 Å². The van der Waals surface area contributed by atoms with Gasteiger partial charge in [-0.15, -0.1) is 0 Å². The Morgan fingerprint density at radius 3 is 2.56 bits per heavy atom. The molecule has 0 bridgehead atoms. The highest BCUT2D eigenvalue weighted by atomic mass is 16.1. The topological polar surface area (TPSA) is 55.1 Å². The Morgan fingerprint density at radius 2 is 2.00 bits per heavy atom. The lowest BCUT2D eigenvalue weighted by atomic mass is 9.84. The molecule has 1 saturated carbocycles. The van der Waals surface area contributed by atoms with Crippen LogP contribution in [-0.2, 0) is 4.79 Å². The Hall–Kier alpha value is -0.570. The summed E-state index contributed by atoms with van der Waals surface area (Å²) in [5, 5.41) is 3.10. The minimum absolute atomic E-state index is 0.0126. The molecule has 1 fully saturated rings. The van der Waals surface area contributed by atoms with Gasteiger partial charge in [0.25, 0.3) is 0 Å². The number of carbonyl (C=O) groups is 1. The fourth-order valence-electron chi connectivity index (χ4n) is 2.45. The number of rotatable bonds is 5. The van der Waals surface area contributed by atoms with E-state index in [9.17, 15) is 4.79 Å². The minimum atomic E-state index is 0.0126. The van der Waals surface area contributed by atoms with Gasteiger partial charge in [0.05, 0.1) is 0 Å². The van der Waals surface area contributed by atoms with Crippen LogP contribution in [0.15, 0.2) is 0 Å². The second kappa shape index (κ2) is 6.89. The summed E-state index contributed by atoms with van der Waals surface area (Å²) in [6, 6.07) is 0.329. The van der Waals surface area contributed by atoms with E-state index in [1.54, 1.807) is 0 Å². The van der Waals surface area contributed by atoms with E-state index in [1.165, 1.54) is 32.1 Å². The van der Waals surface area contributed by atoms with Gasteiger partial charge in [-0.25, -0.2) is 0 Å². The van der Waals surface area contributed by atoms with Crippen molar-refractivity contribution in [1.82, 2.24) is 5.32 Å². The van der Waals surface area contributed by atoms with Gasteiger partial charge >= 0.3 is 0 Å². The third-order valence-corrected chi connectivity index (χ3v) is 3.72. The monoisotopic (exact) mass is 226 g/mol. The van der Waals surface area contributed by atoms with Crippen LogP contribution in [0.25, 0.3) is 0 Å². The molecule has 16 heavy (non-hydrogen) atoms. The van der Waals surface area contributed by atoms with Crippen LogP contribution in [0.1, 0.15) is 58.8 Å². The van der Waals surface area contributed by atoms with E-state index >= 15 is 0 Å². The fourth-order valence-corrected chi connectivity index (χ4v) is 2.45. The molecule has 1 unspecified atom stereocenters. The van der Waals surface area contributed by atoms with E-state index < -0.39 is 0 Å². The van der Waals surface area contributed by atoms with Crippen LogP contribution < -0.4 is 11.1 Å². The molecule has 0 aromatic heterocycles. The van der Waals surface area contributed by atoms with Gasteiger partial charge in [0.2, 0.25) is 5.91 Å². The zero-order valence-electron chi connectivity index (χ0n) is 10.7. The summed E-state index contributed by atoms with van der Waals surface area (Å²) < 4.78 is 0. The van der Waals surface area contributed by atoms with E-state index in [2.05, 4.69) is 12.2 Å². The van der Waals surface area contributed by atoms with Gasteiger partial charge in [0.1, 0.15) is 0 Å². The normalized spacial score (nSPS) is 21.4. The maximum absolute atomic E-state index is 11.7. The molecular weight excluding hydrogens is 200 g/mol. The van der Waals surface area contributed by atoms with Crippen molar-refractivity contribution in [3.63, 3.8) is 0 Å². The van der Waals surface area contributed by atoms with Crippen LogP contribution >= 0.6 is 0 Å². The first-order chi connectivity index (χ1) is 7.63. The molecule has 0 aliphatic heterocycles.